The highest BCUT2D eigenvalue weighted by Crippen LogP contribution is 2.26. The fourth-order valence-electron chi connectivity index (χ4n) is 3.25. The van der Waals surface area contributed by atoms with Crippen molar-refractivity contribution in [2.24, 2.45) is 0 Å². The fourth-order valence-corrected chi connectivity index (χ4v) is 3.25. The number of carbonyl (C=O) groups is 2. The Kier molecular flexibility index (Phi) is 5.05. The molecular weight excluding hydrogens is 354 g/mol. The average Bonchev–Trinajstić information content (AvgIpc) is 3.22. The predicted molar refractivity (Wildman–Crippen MR) is 107 cm³/mol. The third kappa shape index (κ3) is 4.03. The van der Waals surface area contributed by atoms with Gasteiger partial charge < -0.3 is 20.1 Å². The molecule has 2 heterocycles. The Morgan fingerprint density at radius 2 is 1.96 bits per heavy atom. The standard InChI is InChI=1S/C21H21N5O2/c27-20-14-26(12-10-23-20)19-4-2-1-3-18(19)24-21(28)17-7-5-16(6-8-17)13-25-11-9-22-15-25/h1-9,11,15H,10,12-14H2,(H,23,27)(H,24,28). The molecule has 28 heavy (non-hydrogen) atoms. The number of hydrogen-bond donors (Lipinski definition) is 2. The number of anilines is 2. The van der Waals surface area contributed by atoms with Gasteiger partial charge in [0.25, 0.3) is 5.91 Å². The van der Waals surface area contributed by atoms with Crippen LogP contribution in [0.3, 0.4) is 0 Å². The molecule has 2 amide bonds. The van der Waals surface area contributed by atoms with E-state index >= 15 is 0 Å². The molecule has 0 bridgehead atoms. The zero-order chi connectivity index (χ0) is 19.3. The molecule has 1 aliphatic heterocycles. The Hall–Kier alpha value is -3.61. The summed E-state index contributed by atoms with van der Waals surface area (Å²) < 4.78 is 1.97. The summed E-state index contributed by atoms with van der Waals surface area (Å²) >= 11 is 0. The molecule has 4 rings (SSSR count). The first-order valence-corrected chi connectivity index (χ1v) is 9.16. The van der Waals surface area contributed by atoms with E-state index < -0.39 is 0 Å². The predicted octanol–water partition coefficient (Wildman–Crippen LogP) is 2.12. The zero-order valence-corrected chi connectivity index (χ0v) is 15.3. The lowest BCUT2D eigenvalue weighted by molar-refractivity contribution is -0.120. The Morgan fingerprint density at radius 3 is 2.71 bits per heavy atom. The SMILES string of the molecule is O=C1CN(c2ccccc2NC(=O)c2ccc(Cn3ccnc3)cc2)CCN1. The van der Waals surface area contributed by atoms with Crippen molar-refractivity contribution in [3.8, 4) is 0 Å². The number of aromatic nitrogens is 2. The number of para-hydroxylation sites is 2. The molecule has 0 saturated carbocycles. The minimum atomic E-state index is -0.178. The number of nitrogens with one attached hydrogen (secondary N) is 2. The van der Waals surface area contributed by atoms with Gasteiger partial charge >= 0.3 is 0 Å². The molecule has 1 aliphatic rings. The van der Waals surface area contributed by atoms with Gasteiger partial charge in [0.15, 0.2) is 0 Å². The van der Waals surface area contributed by atoms with Gasteiger partial charge in [0, 0.05) is 37.6 Å². The third-order valence-corrected chi connectivity index (χ3v) is 4.67. The van der Waals surface area contributed by atoms with Crippen LogP contribution < -0.4 is 15.5 Å². The van der Waals surface area contributed by atoms with Crippen LogP contribution in [0.25, 0.3) is 0 Å². The molecule has 2 N–H and O–H groups in total. The largest absolute Gasteiger partial charge is 0.359 e. The van der Waals surface area contributed by atoms with Crippen molar-refractivity contribution in [1.82, 2.24) is 14.9 Å². The highest BCUT2D eigenvalue weighted by atomic mass is 16.2. The van der Waals surface area contributed by atoms with Crippen LogP contribution in [0.1, 0.15) is 15.9 Å². The van der Waals surface area contributed by atoms with Gasteiger partial charge in [0.05, 0.1) is 24.2 Å². The quantitative estimate of drug-likeness (QED) is 0.716. The number of hydrogen-bond acceptors (Lipinski definition) is 4. The minimum absolute atomic E-state index is 0.0131. The second-order valence-electron chi connectivity index (χ2n) is 6.67. The van der Waals surface area contributed by atoms with Gasteiger partial charge in [-0.25, -0.2) is 4.98 Å². The lowest BCUT2D eigenvalue weighted by Gasteiger charge is -2.30. The van der Waals surface area contributed by atoms with Gasteiger partial charge in [-0.3, -0.25) is 9.59 Å². The normalized spacial score (nSPS) is 13.9. The number of rotatable bonds is 5. The maximum Gasteiger partial charge on any atom is 0.255 e. The van der Waals surface area contributed by atoms with E-state index in [0.29, 0.717) is 30.9 Å². The molecule has 142 valence electrons. The van der Waals surface area contributed by atoms with Crippen LogP contribution in [-0.4, -0.2) is 41.0 Å². The Morgan fingerprint density at radius 1 is 1.14 bits per heavy atom. The van der Waals surface area contributed by atoms with E-state index in [2.05, 4.69) is 15.6 Å². The molecule has 0 spiro atoms. The van der Waals surface area contributed by atoms with E-state index in [4.69, 9.17) is 0 Å². The lowest BCUT2D eigenvalue weighted by Crippen LogP contribution is -2.47. The molecular formula is C21H21N5O2. The Labute approximate surface area is 163 Å². The second-order valence-corrected chi connectivity index (χ2v) is 6.67. The van der Waals surface area contributed by atoms with Crippen LogP contribution in [0, 0.1) is 0 Å². The summed E-state index contributed by atoms with van der Waals surface area (Å²) in [5, 5.41) is 5.79. The Bertz CT molecular complexity index is 967. The van der Waals surface area contributed by atoms with E-state index in [0.717, 1.165) is 11.3 Å². The molecule has 0 unspecified atom stereocenters. The van der Waals surface area contributed by atoms with Gasteiger partial charge in [0.2, 0.25) is 5.91 Å². The molecule has 0 radical (unpaired) electrons. The zero-order valence-electron chi connectivity index (χ0n) is 15.3. The van der Waals surface area contributed by atoms with E-state index in [1.165, 1.54) is 0 Å². The van der Waals surface area contributed by atoms with E-state index in [1.807, 2.05) is 64.2 Å². The van der Waals surface area contributed by atoms with Gasteiger partial charge in [-0.2, -0.15) is 0 Å². The Balaban J connectivity index is 1.47. The van der Waals surface area contributed by atoms with E-state index in [-0.39, 0.29) is 18.4 Å². The van der Waals surface area contributed by atoms with Crippen molar-refractivity contribution in [3.63, 3.8) is 0 Å². The number of carbonyl (C=O) groups excluding carboxylic acids is 2. The molecule has 1 saturated heterocycles. The van der Waals surface area contributed by atoms with E-state index in [9.17, 15) is 9.59 Å². The van der Waals surface area contributed by atoms with Crippen molar-refractivity contribution >= 4 is 23.2 Å². The average molecular weight is 375 g/mol. The van der Waals surface area contributed by atoms with Crippen LogP contribution in [0.5, 0.6) is 0 Å². The number of piperazine rings is 1. The highest BCUT2D eigenvalue weighted by Gasteiger charge is 2.19. The van der Waals surface area contributed by atoms with Gasteiger partial charge in [-0.15, -0.1) is 0 Å². The topological polar surface area (TPSA) is 79.3 Å². The molecule has 1 aromatic heterocycles. The fraction of sp³-hybridized carbons (Fsp3) is 0.190. The van der Waals surface area contributed by atoms with Gasteiger partial charge in [-0.1, -0.05) is 24.3 Å². The van der Waals surface area contributed by atoms with Crippen molar-refractivity contribution in [2.45, 2.75) is 6.54 Å². The molecule has 0 aliphatic carbocycles. The first kappa shape index (κ1) is 17.8. The van der Waals surface area contributed by atoms with Crippen LogP contribution in [0.2, 0.25) is 0 Å². The van der Waals surface area contributed by atoms with Crippen molar-refractivity contribution in [2.75, 3.05) is 29.9 Å². The van der Waals surface area contributed by atoms with Crippen LogP contribution in [-0.2, 0) is 11.3 Å². The smallest absolute Gasteiger partial charge is 0.255 e. The van der Waals surface area contributed by atoms with Gasteiger partial charge in [0.1, 0.15) is 0 Å². The molecule has 3 aromatic rings. The first-order valence-electron chi connectivity index (χ1n) is 9.16. The first-order chi connectivity index (χ1) is 13.7. The maximum absolute atomic E-state index is 12.7. The summed E-state index contributed by atoms with van der Waals surface area (Å²) in [4.78, 5) is 30.4. The molecule has 7 nitrogen and oxygen atoms in total. The van der Waals surface area contributed by atoms with Crippen LogP contribution in [0.15, 0.2) is 67.3 Å². The van der Waals surface area contributed by atoms with Crippen molar-refractivity contribution in [3.05, 3.63) is 78.4 Å². The number of benzene rings is 2. The summed E-state index contributed by atoms with van der Waals surface area (Å²) in [7, 11) is 0. The minimum Gasteiger partial charge on any atom is -0.359 e. The van der Waals surface area contributed by atoms with Crippen LogP contribution in [0.4, 0.5) is 11.4 Å². The van der Waals surface area contributed by atoms with Crippen LogP contribution >= 0.6 is 0 Å². The molecule has 1 fully saturated rings. The monoisotopic (exact) mass is 375 g/mol. The molecule has 2 aromatic carbocycles. The second kappa shape index (κ2) is 7.96. The lowest BCUT2D eigenvalue weighted by atomic mass is 10.1. The third-order valence-electron chi connectivity index (χ3n) is 4.67. The summed E-state index contributed by atoms with van der Waals surface area (Å²) in [5.74, 6) is -0.191. The van der Waals surface area contributed by atoms with Crippen molar-refractivity contribution < 1.29 is 9.59 Å². The summed E-state index contributed by atoms with van der Waals surface area (Å²) in [6.45, 7) is 2.30. The number of amides is 2. The number of nitrogens with zero attached hydrogens (tertiary/aromatic N) is 3. The maximum atomic E-state index is 12.7. The van der Waals surface area contributed by atoms with E-state index in [1.54, 1.807) is 12.5 Å². The van der Waals surface area contributed by atoms with Crippen molar-refractivity contribution in [1.29, 1.82) is 0 Å². The molecule has 0 atom stereocenters. The summed E-state index contributed by atoms with van der Waals surface area (Å²) in [6.07, 6.45) is 5.40. The summed E-state index contributed by atoms with van der Waals surface area (Å²) in [6, 6.07) is 15.1. The number of imidazole rings is 1. The summed E-state index contributed by atoms with van der Waals surface area (Å²) in [5.41, 5.74) is 3.22. The molecule has 7 heteroatoms. The van der Waals surface area contributed by atoms with Gasteiger partial charge in [-0.05, 0) is 29.8 Å². The highest BCUT2D eigenvalue weighted by molar-refractivity contribution is 6.06.